The SMILES string of the molecule is CCn1c(SCC(=O)N2c3ccccc3OCC2c2ccccc2)nnc1-c1ccco1. The van der Waals surface area contributed by atoms with Crippen molar-refractivity contribution in [2.75, 3.05) is 17.3 Å². The molecule has 0 saturated carbocycles. The predicted octanol–water partition coefficient (Wildman–Crippen LogP) is 4.82. The second-order valence-corrected chi connectivity index (χ2v) is 8.23. The monoisotopic (exact) mass is 446 g/mol. The topological polar surface area (TPSA) is 73.4 Å². The summed E-state index contributed by atoms with van der Waals surface area (Å²) in [4.78, 5) is 15.4. The Kier molecular flexibility index (Phi) is 5.68. The molecule has 1 atom stereocenters. The number of amides is 1. The van der Waals surface area contributed by atoms with Crippen molar-refractivity contribution in [3.8, 4) is 17.3 Å². The molecule has 0 N–H and O–H groups in total. The Morgan fingerprint density at radius 2 is 1.88 bits per heavy atom. The number of anilines is 1. The highest BCUT2D eigenvalue weighted by molar-refractivity contribution is 7.99. The first-order valence-electron chi connectivity index (χ1n) is 10.4. The largest absolute Gasteiger partial charge is 0.489 e. The van der Waals surface area contributed by atoms with Crippen molar-refractivity contribution < 1.29 is 13.9 Å². The molecule has 2 aromatic carbocycles. The van der Waals surface area contributed by atoms with E-state index < -0.39 is 0 Å². The maximum atomic E-state index is 13.5. The molecule has 0 saturated heterocycles. The van der Waals surface area contributed by atoms with Gasteiger partial charge in [-0.2, -0.15) is 0 Å². The summed E-state index contributed by atoms with van der Waals surface area (Å²) in [6.45, 7) is 3.10. The molecule has 1 aliphatic rings. The maximum Gasteiger partial charge on any atom is 0.238 e. The molecule has 0 radical (unpaired) electrons. The third-order valence-corrected chi connectivity index (χ3v) is 6.34. The summed E-state index contributed by atoms with van der Waals surface area (Å²) in [5.74, 6) is 2.25. The van der Waals surface area contributed by atoms with Crippen LogP contribution in [0.25, 0.3) is 11.6 Å². The molecule has 32 heavy (non-hydrogen) atoms. The minimum atomic E-state index is -0.193. The van der Waals surface area contributed by atoms with Crippen LogP contribution in [-0.2, 0) is 11.3 Å². The number of para-hydroxylation sites is 2. The van der Waals surface area contributed by atoms with Crippen LogP contribution in [0.15, 0.2) is 82.6 Å². The van der Waals surface area contributed by atoms with E-state index in [2.05, 4.69) is 10.2 Å². The minimum absolute atomic E-state index is 0.00944. The number of aromatic nitrogens is 3. The fourth-order valence-corrected chi connectivity index (χ4v) is 4.74. The van der Waals surface area contributed by atoms with Crippen LogP contribution < -0.4 is 9.64 Å². The van der Waals surface area contributed by atoms with Crippen molar-refractivity contribution in [2.45, 2.75) is 24.7 Å². The Morgan fingerprint density at radius 1 is 1.06 bits per heavy atom. The Morgan fingerprint density at radius 3 is 2.66 bits per heavy atom. The number of hydrogen-bond acceptors (Lipinski definition) is 6. The van der Waals surface area contributed by atoms with Gasteiger partial charge in [0.25, 0.3) is 0 Å². The number of benzene rings is 2. The van der Waals surface area contributed by atoms with E-state index in [9.17, 15) is 4.79 Å². The van der Waals surface area contributed by atoms with E-state index in [0.717, 1.165) is 17.0 Å². The first kappa shape index (κ1) is 20.4. The van der Waals surface area contributed by atoms with Crippen molar-refractivity contribution >= 4 is 23.4 Å². The third kappa shape index (κ3) is 3.78. The zero-order chi connectivity index (χ0) is 21.9. The Labute approximate surface area is 190 Å². The van der Waals surface area contributed by atoms with Gasteiger partial charge in [0.1, 0.15) is 12.4 Å². The van der Waals surface area contributed by atoms with Crippen LogP contribution in [0.2, 0.25) is 0 Å². The highest BCUT2D eigenvalue weighted by atomic mass is 32.2. The zero-order valence-electron chi connectivity index (χ0n) is 17.5. The first-order valence-corrected chi connectivity index (χ1v) is 11.4. The number of fused-ring (bicyclic) bond motifs is 1. The molecule has 1 unspecified atom stereocenters. The number of carbonyl (C=O) groups is 1. The standard InChI is InChI=1S/C24H22N4O3S/c1-2-27-23(21-13-8-14-30-21)25-26-24(27)32-16-22(29)28-18-11-6-7-12-20(18)31-15-19(28)17-9-4-3-5-10-17/h3-14,19H,2,15-16H2,1H3. The van der Waals surface area contributed by atoms with Crippen molar-refractivity contribution in [2.24, 2.45) is 0 Å². The lowest BCUT2D eigenvalue weighted by molar-refractivity contribution is -0.117. The third-order valence-electron chi connectivity index (χ3n) is 5.39. The van der Waals surface area contributed by atoms with E-state index in [1.54, 1.807) is 6.26 Å². The normalized spacial score (nSPS) is 15.3. The van der Waals surface area contributed by atoms with Crippen molar-refractivity contribution in [1.29, 1.82) is 0 Å². The van der Waals surface area contributed by atoms with Crippen molar-refractivity contribution in [3.63, 3.8) is 0 Å². The molecule has 0 fully saturated rings. The molecule has 1 amide bonds. The van der Waals surface area contributed by atoms with E-state index in [1.165, 1.54) is 11.8 Å². The maximum absolute atomic E-state index is 13.5. The number of hydrogen-bond donors (Lipinski definition) is 0. The van der Waals surface area contributed by atoms with Gasteiger partial charge in [0, 0.05) is 6.54 Å². The Bertz CT molecular complexity index is 1210. The molecule has 7 nitrogen and oxygen atoms in total. The lowest BCUT2D eigenvalue weighted by atomic mass is 10.0. The van der Waals surface area contributed by atoms with Gasteiger partial charge >= 0.3 is 0 Å². The number of rotatable bonds is 6. The smallest absolute Gasteiger partial charge is 0.238 e. The van der Waals surface area contributed by atoms with Crippen molar-refractivity contribution in [1.82, 2.24) is 14.8 Å². The van der Waals surface area contributed by atoms with Crippen LogP contribution in [0.4, 0.5) is 5.69 Å². The summed E-state index contributed by atoms with van der Waals surface area (Å²) in [7, 11) is 0. The van der Waals surface area contributed by atoms with Gasteiger partial charge in [0.2, 0.25) is 5.91 Å². The van der Waals surface area contributed by atoms with Crippen LogP contribution in [0.1, 0.15) is 18.5 Å². The molecule has 4 aromatic rings. The second-order valence-electron chi connectivity index (χ2n) is 7.29. The number of furan rings is 1. The van der Waals surface area contributed by atoms with Crippen molar-refractivity contribution in [3.05, 3.63) is 78.6 Å². The number of carbonyl (C=O) groups excluding carboxylic acids is 1. The van der Waals surface area contributed by atoms with Gasteiger partial charge in [-0.15, -0.1) is 10.2 Å². The zero-order valence-corrected chi connectivity index (χ0v) is 18.4. The van der Waals surface area contributed by atoms with Gasteiger partial charge in [0.15, 0.2) is 16.7 Å². The molecule has 0 aliphatic carbocycles. The van der Waals surface area contributed by atoms with E-state index in [0.29, 0.717) is 29.9 Å². The number of nitrogens with zero attached hydrogens (tertiary/aromatic N) is 4. The second kappa shape index (κ2) is 8.92. The molecular weight excluding hydrogens is 424 g/mol. The van der Waals surface area contributed by atoms with E-state index >= 15 is 0 Å². The lowest BCUT2D eigenvalue weighted by Crippen LogP contribution is -2.42. The fourth-order valence-electron chi connectivity index (χ4n) is 3.88. The summed E-state index contributed by atoms with van der Waals surface area (Å²) in [5, 5.41) is 9.26. The van der Waals surface area contributed by atoms with Gasteiger partial charge in [0.05, 0.1) is 23.7 Å². The van der Waals surface area contributed by atoms with Gasteiger partial charge in [-0.3, -0.25) is 14.3 Å². The van der Waals surface area contributed by atoms with Crippen LogP contribution in [0.5, 0.6) is 5.75 Å². The highest BCUT2D eigenvalue weighted by Crippen LogP contribution is 2.40. The Hall–Kier alpha value is -3.52. The minimum Gasteiger partial charge on any atom is -0.489 e. The number of ether oxygens (including phenoxy) is 1. The van der Waals surface area contributed by atoms with E-state index in [1.807, 2.05) is 83.1 Å². The van der Waals surface area contributed by atoms with E-state index in [-0.39, 0.29) is 17.7 Å². The molecule has 0 bridgehead atoms. The quantitative estimate of drug-likeness (QED) is 0.396. The molecule has 3 heterocycles. The molecule has 5 rings (SSSR count). The fraction of sp³-hybridized carbons (Fsp3) is 0.208. The molecule has 8 heteroatoms. The van der Waals surface area contributed by atoms with Gasteiger partial charge in [-0.25, -0.2) is 0 Å². The molecule has 1 aliphatic heterocycles. The average Bonchev–Trinajstić information content (AvgIpc) is 3.52. The lowest BCUT2D eigenvalue weighted by Gasteiger charge is -2.37. The summed E-state index contributed by atoms with van der Waals surface area (Å²) in [6, 6.07) is 21.1. The first-order chi connectivity index (χ1) is 15.8. The van der Waals surface area contributed by atoms with E-state index in [4.69, 9.17) is 9.15 Å². The van der Waals surface area contributed by atoms with Crippen LogP contribution >= 0.6 is 11.8 Å². The highest BCUT2D eigenvalue weighted by Gasteiger charge is 2.33. The Balaban J connectivity index is 1.41. The predicted molar refractivity (Wildman–Crippen MR) is 123 cm³/mol. The molecular formula is C24H22N4O3S. The van der Waals surface area contributed by atoms with Crippen LogP contribution in [0, 0.1) is 0 Å². The molecule has 0 spiro atoms. The summed E-state index contributed by atoms with van der Waals surface area (Å²) in [5.41, 5.74) is 1.82. The van der Waals surface area contributed by atoms with Gasteiger partial charge in [-0.1, -0.05) is 54.2 Å². The molecule has 2 aromatic heterocycles. The summed E-state index contributed by atoms with van der Waals surface area (Å²) < 4.78 is 13.4. The summed E-state index contributed by atoms with van der Waals surface area (Å²) in [6.07, 6.45) is 1.61. The number of thioether (sulfide) groups is 1. The van der Waals surface area contributed by atoms with Crippen LogP contribution in [-0.4, -0.2) is 33.0 Å². The molecule has 162 valence electrons. The van der Waals surface area contributed by atoms with Gasteiger partial charge in [-0.05, 0) is 36.8 Å². The van der Waals surface area contributed by atoms with Gasteiger partial charge < -0.3 is 9.15 Å². The average molecular weight is 447 g/mol. The summed E-state index contributed by atoms with van der Waals surface area (Å²) >= 11 is 1.38. The van der Waals surface area contributed by atoms with Crippen LogP contribution in [0.3, 0.4) is 0 Å².